The number of hydrogen-bond donors (Lipinski definition) is 1. The molecule has 0 unspecified atom stereocenters. The van der Waals surface area contributed by atoms with Crippen molar-refractivity contribution in [1.82, 2.24) is 4.31 Å². The van der Waals surface area contributed by atoms with E-state index in [0.717, 1.165) is 37.9 Å². The maximum atomic E-state index is 12.9. The summed E-state index contributed by atoms with van der Waals surface area (Å²) in [6, 6.07) is 10.5. The molecule has 0 bridgehead atoms. The van der Waals surface area contributed by atoms with E-state index in [1.165, 1.54) is 41.1 Å². The molecule has 32 heavy (non-hydrogen) atoms. The summed E-state index contributed by atoms with van der Waals surface area (Å²) in [4.78, 5) is 13.1. The van der Waals surface area contributed by atoms with Gasteiger partial charge in [-0.05, 0) is 80.8 Å². The van der Waals surface area contributed by atoms with E-state index in [-0.39, 0.29) is 10.8 Å². The van der Waals surface area contributed by atoms with E-state index in [1.807, 2.05) is 12.1 Å². The van der Waals surface area contributed by atoms with Crippen molar-refractivity contribution in [2.75, 3.05) is 25.5 Å². The van der Waals surface area contributed by atoms with Gasteiger partial charge in [0.25, 0.3) is 5.91 Å². The Hall–Kier alpha value is -2.58. The van der Waals surface area contributed by atoms with Crippen molar-refractivity contribution >= 4 is 21.6 Å². The second-order valence-electron chi connectivity index (χ2n) is 8.32. The Morgan fingerprint density at radius 1 is 1.03 bits per heavy atom. The highest BCUT2D eigenvalue weighted by Crippen LogP contribution is 2.32. The fourth-order valence-electron chi connectivity index (χ4n) is 4.36. The van der Waals surface area contributed by atoms with Gasteiger partial charge in [-0.1, -0.05) is 12.1 Å². The van der Waals surface area contributed by atoms with Crippen molar-refractivity contribution in [1.29, 1.82) is 0 Å². The monoisotopic (exact) mass is 458 g/mol. The number of nitrogens with one attached hydrogen (secondary N) is 1. The van der Waals surface area contributed by atoms with Crippen LogP contribution in [-0.2, 0) is 27.7 Å². The molecule has 1 atom stereocenters. The van der Waals surface area contributed by atoms with Crippen molar-refractivity contribution in [2.45, 2.75) is 56.4 Å². The van der Waals surface area contributed by atoms with Gasteiger partial charge in [-0.3, -0.25) is 4.79 Å². The molecule has 1 saturated heterocycles. The van der Waals surface area contributed by atoms with Crippen LogP contribution in [0, 0.1) is 0 Å². The van der Waals surface area contributed by atoms with Crippen LogP contribution in [0.3, 0.4) is 0 Å². The first kappa shape index (κ1) is 22.6. The molecule has 4 rings (SSSR count). The number of amides is 1. The lowest BCUT2D eigenvalue weighted by molar-refractivity contribution is -0.122. The summed E-state index contributed by atoms with van der Waals surface area (Å²) in [5, 5.41) is 2.79. The Balaban J connectivity index is 1.52. The molecule has 1 aliphatic heterocycles. The fraction of sp³-hybridized carbons (Fsp3) is 0.458. The SMILES string of the molecule is COc1ccc(S(=O)(=O)N2CCCC2)cc1NC(=O)[C@@H](C)Oc1cccc2c1CCCC2. The number of rotatable bonds is 7. The number of methoxy groups -OCH3 is 1. The number of carbonyl (C=O) groups is 1. The third kappa shape index (κ3) is 4.61. The van der Waals surface area contributed by atoms with Crippen molar-refractivity contribution in [3.63, 3.8) is 0 Å². The van der Waals surface area contributed by atoms with Crippen LogP contribution in [0.5, 0.6) is 11.5 Å². The summed E-state index contributed by atoms with van der Waals surface area (Å²) >= 11 is 0. The van der Waals surface area contributed by atoms with Gasteiger partial charge in [0.05, 0.1) is 17.7 Å². The highest BCUT2D eigenvalue weighted by Gasteiger charge is 2.28. The van der Waals surface area contributed by atoms with Crippen molar-refractivity contribution < 1.29 is 22.7 Å². The molecule has 1 heterocycles. The normalized spacial score (nSPS) is 17.4. The van der Waals surface area contributed by atoms with Gasteiger partial charge in [0.1, 0.15) is 11.5 Å². The van der Waals surface area contributed by atoms with Crippen LogP contribution in [0.15, 0.2) is 41.3 Å². The molecule has 2 aromatic rings. The zero-order valence-corrected chi connectivity index (χ0v) is 19.4. The highest BCUT2D eigenvalue weighted by atomic mass is 32.2. The van der Waals surface area contributed by atoms with Crippen LogP contribution in [0.25, 0.3) is 0 Å². The third-order valence-electron chi connectivity index (χ3n) is 6.16. The lowest BCUT2D eigenvalue weighted by Gasteiger charge is -2.22. The van der Waals surface area contributed by atoms with Gasteiger partial charge in [-0.25, -0.2) is 8.42 Å². The molecule has 1 aliphatic carbocycles. The standard InChI is InChI=1S/C24H30N2O5S/c1-17(31-22-11-7-9-18-8-3-4-10-20(18)22)24(27)25-21-16-19(12-13-23(21)30-2)32(28,29)26-14-5-6-15-26/h7,9,11-13,16-17H,3-6,8,10,14-15H2,1-2H3,(H,25,27)/t17-/m1/s1. The molecule has 2 aromatic carbocycles. The number of anilines is 1. The largest absolute Gasteiger partial charge is 0.495 e. The first-order chi connectivity index (χ1) is 15.4. The second-order valence-corrected chi connectivity index (χ2v) is 10.3. The number of carbonyl (C=O) groups excluding carboxylic acids is 1. The van der Waals surface area contributed by atoms with Gasteiger partial charge in [-0.2, -0.15) is 4.31 Å². The summed E-state index contributed by atoms with van der Waals surface area (Å²) in [6.45, 7) is 2.72. The van der Waals surface area contributed by atoms with E-state index >= 15 is 0 Å². The zero-order chi connectivity index (χ0) is 22.7. The molecule has 0 saturated carbocycles. The average Bonchev–Trinajstić information content (AvgIpc) is 3.35. The maximum absolute atomic E-state index is 12.9. The summed E-state index contributed by atoms with van der Waals surface area (Å²) in [7, 11) is -2.12. The lowest BCUT2D eigenvalue weighted by Crippen LogP contribution is -2.31. The van der Waals surface area contributed by atoms with Crippen LogP contribution < -0.4 is 14.8 Å². The van der Waals surface area contributed by atoms with E-state index in [1.54, 1.807) is 13.0 Å². The van der Waals surface area contributed by atoms with Crippen LogP contribution >= 0.6 is 0 Å². The van der Waals surface area contributed by atoms with E-state index in [4.69, 9.17) is 9.47 Å². The summed E-state index contributed by atoms with van der Waals surface area (Å²) in [5.74, 6) is 0.762. The first-order valence-corrected chi connectivity index (χ1v) is 12.6. The van der Waals surface area contributed by atoms with Crippen LogP contribution in [-0.4, -0.2) is 44.9 Å². The summed E-state index contributed by atoms with van der Waals surface area (Å²) < 4.78 is 38.7. The van der Waals surface area contributed by atoms with E-state index in [0.29, 0.717) is 24.5 Å². The number of nitrogens with zero attached hydrogens (tertiary/aromatic N) is 1. The molecule has 0 aromatic heterocycles. The Labute approximate surface area is 189 Å². The minimum Gasteiger partial charge on any atom is -0.495 e. The highest BCUT2D eigenvalue weighted by molar-refractivity contribution is 7.89. The Kier molecular flexibility index (Phi) is 6.71. The minimum atomic E-state index is -3.61. The van der Waals surface area contributed by atoms with Crippen molar-refractivity contribution in [2.24, 2.45) is 0 Å². The van der Waals surface area contributed by atoms with Gasteiger partial charge in [-0.15, -0.1) is 0 Å². The van der Waals surface area contributed by atoms with Crippen LogP contribution in [0.1, 0.15) is 43.7 Å². The molecule has 2 aliphatic rings. The second kappa shape index (κ2) is 9.50. The number of fused-ring (bicyclic) bond motifs is 1. The first-order valence-electron chi connectivity index (χ1n) is 11.2. The molecule has 172 valence electrons. The predicted octanol–water partition coefficient (Wildman–Crippen LogP) is 3.76. The van der Waals surface area contributed by atoms with Gasteiger partial charge in [0.15, 0.2) is 6.10 Å². The number of hydrogen-bond acceptors (Lipinski definition) is 5. The van der Waals surface area contributed by atoms with E-state index in [2.05, 4.69) is 11.4 Å². The van der Waals surface area contributed by atoms with Crippen LogP contribution in [0.4, 0.5) is 5.69 Å². The summed E-state index contributed by atoms with van der Waals surface area (Å²) in [5.41, 5.74) is 2.76. The Morgan fingerprint density at radius 2 is 1.78 bits per heavy atom. The Morgan fingerprint density at radius 3 is 2.53 bits per heavy atom. The molecule has 0 spiro atoms. The predicted molar refractivity (Wildman–Crippen MR) is 123 cm³/mol. The van der Waals surface area contributed by atoms with Crippen LogP contribution in [0.2, 0.25) is 0 Å². The number of aryl methyl sites for hydroxylation is 1. The molecular weight excluding hydrogens is 428 g/mol. The van der Waals surface area contributed by atoms with Crippen molar-refractivity contribution in [3.8, 4) is 11.5 Å². The van der Waals surface area contributed by atoms with Gasteiger partial charge in [0, 0.05) is 13.1 Å². The molecule has 1 amide bonds. The molecule has 7 nitrogen and oxygen atoms in total. The lowest BCUT2D eigenvalue weighted by atomic mass is 9.91. The molecule has 8 heteroatoms. The average molecular weight is 459 g/mol. The molecule has 1 fully saturated rings. The Bertz CT molecular complexity index is 1090. The molecule has 0 radical (unpaired) electrons. The van der Waals surface area contributed by atoms with Crippen molar-refractivity contribution in [3.05, 3.63) is 47.5 Å². The zero-order valence-electron chi connectivity index (χ0n) is 18.6. The third-order valence-corrected chi connectivity index (χ3v) is 8.05. The minimum absolute atomic E-state index is 0.140. The fourth-order valence-corrected chi connectivity index (χ4v) is 5.90. The van der Waals surface area contributed by atoms with Gasteiger partial charge >= 0.3 is 0 Å². The van der Waals surface area contributed by atoms with Gasteiger partial charge < -0.3 is 14.8 Å². The quantitative estimate of drug-likeness (QED) is 0.683. The smallest absolute Gasteiger partial charge is 0.265 e. The summed E-state index contributed by atoms with van der Waals surface area (Å²) in [6.07, 6.45) is 5.22. The molecule has 1 N–H and O–H groups in total. The molecular formula is C24H30N2O5S. The maximum Gasteiger partial charge on any atom is 0.265 e. The number of ether oxygens (including phenoxy) is 2. The van der Waals surface area contributed by atoms with Gasteiger partial charge in [0.2, 0.25) is 10.0 Å². The number of benzene rings is 2. The topological polar surface area (TPSA) is 84.9 Å². The number of sulfonamides is 1. The van der Waals surface area contributed by atoms with E-state index < -0.39 is 16.1 Å². The van der Waals surface area contributed by atoms with E-state index in [9.17, 15) is 13.2 Å².